The van der Waals surface area contributed by atoms with Gasteiger partial charge in [0.1, 0.15) is 5.69 Å². The van der Waals surface area contributed by atoms with E-state index in [9.17, 15) is 14.4 Å². The molecule has 9 heteroatoms. The molecule has 0 radical (unpaired) electrons. The molecule has 0 atom stereocenters. The zero-order chi connectivity index (χ0) is 24.5. The second-order valence-electron chi connectivity index (χ2n) is 8.08. The fourth-order valence-electron chi connectivity index (χ4n) is 4.21. The summed E-state index contributed by atoms with van der Waals surface area (Å²) in [7, 11) is 0. The zero-order valence-corrected chi connectivity index (χ0v) is 20.8. The molecular formula is C26H20BrClN4O3. The van der Waals surface area contributed by atoms with Crippen molar-refractivity contribution < 1.29 is 9.59 Å². The number of nitrogens with zero attached hydrogens (tertiary/aromatic N) is 3. The highest BCUT2D eigenvalue weighted by atomic mass is 79.9. The van der Waals surface area contributed by atoms with Gasteiger partial charge in [-0.2, -0.15) is 0 Å². The maximum atomic E-state index is 13.5. The molecule has 0 unspecified atom stereocenters. The van der Waals surface area contributed by atoms with Crippen LogP contribution in [0.3, 0.4) is 0 Å². The Hall–Kier alpha value is -3.62. The number of rotatable bonds is 4. The number of benzene rings is 3. The van der Waals surface area contributed by atoms with Gasteiger partial charge in [-0.3, -0.25) is 18.7 Å². The number of nitrogens with one attached hydrogen (secondary N) is 1. The number of carbonyl (C=O) groups is 2. The van der Waals surface area contributed by atoms with Gasteiger partial charge in [-0.1, -0.05) is 48.0 Å². The molecule has 2 amide bonds. The van der Waals surface area contributed by atoms with Crippen LogP contribution in [0.15, 0.2) is 88.1 Å². The van der Waals surface area contributed by atoms with Gasteiger partial charge in [0.25, 0.3) is 11.8 Å². The first-order valence-corrected chi connectivity index (χ1v) is 12.1. The number of anilines is 1. The van der Waals surface area contributed by atoms with E-state index in [1.54, 1.807) is 51.9 Å². The van der Waals surface area contributed by atoms with Crippen LogP contribution in [0.2, 0.25) is 5.02 Å². The topological polar surface area (TPSA) is 76.3 Å². The van der Waals surface area contributed by atoms with Crippen molar-refractivity contribution in [1.82, 2.24) is 14.0 Å². The summed E-state index contributed by atoms with van der Waals surface area (Å²) in [5, 5.41) is 3.32. The first-order chi connectivity index (χ1) is 16.9. The quantitative estimate of drug-likeness (QED) is 0.389. The molecule has 0 spiro atoms. The zero-order valence-electron chi connectivity index (χ0n) is 18.4. The third-order valence-corrected chi connectivity index (χ3v) is 7.13. The van der Waals surface area contributed by atoms with Crippen molar-refractivity contribution in [1.29, 1.82) is 0 Å². The summed E-state index contributed by atoms with van der Waals surface area (Å²) in [4.78, 5) is 41.8. The third kappa shape index (κ3) is 4.42. The minimum absolute atomic E-state index is 0.110. The fourth-order valence-corrected chi connectivity index (χ4v) is 4.63. The van der Waals surface area contributed by atoms with E-state index in [1.807, 2.05) is 36.4 Å². The molecule has 1 aromatic heterocycles. The Kier molecular flexibility index (Phi) is 6.32. The Morgan fingerprint density at radius 3 is 2.29 bits per heavy atom. The minimum Gasteiger partial charge on any atom is -0.331 e. The summed E-state index contributed by atoms with van der Waals surface area (Å²) >= 11 is 9.53. The Morgan fingerprint density at radius 1 is 0.914 bits per heavy atom. The van der Waals surface area contributed by atoms with E-state index in [1.165, 1.54) is 4.57 Å². The number of para-hydroxylation sites is 2. The third-order valence-electron chi connectivity index (χ3n) is 5.89. The lowest BCUT2D eigenvalue weighted by atomic mass is 10.1. The number of fused-ring (bicyclic) bond motifs is 1. The van der Waals surface area contributed by atoms with Gasteiger partial charge >= 0.3 is 5.69 Å². The van der Waals surface area contributed by atoms with Crippen molar-refractivity contribution in [3.63, 3.8) is 0 Å². The second kappa shape index (κ2) is 9.56. The predicted octanol–water partition coefficient (Wildman–Crippen LogP) is 4.96. The molecule has 0 fully saturated rings. The van der Waals surface area contributed by atoms with Gasteiger partial charge in [0.2, 0.25) is 0 Å². The van der Waals surface area contributed by atoms with E-state index < -0.39 is 5.91 Å². The molecule has 1 aliphatic rings. The first kappa shape index (κ1) is 23.1. The number of aromatic nitrogens is 2. The van der Waals surface area contributed by atoms with Crippen molar-refractivity contribution in [2.24, 2.45) is 0 Å². The number of imidazole rings is 1. The number of halogens is 2. The van der Waals surface area contributed by atoms with E-state index >= 15 is 0 Å². The maximum absolute atomic E-state index is 13.5. The van der Waals surface area contributed by atoms with Crippen molar-refractivity contribution in [2.45, 2.75) is 13.1 Å². The van der Waals surface area contributed by atoms with Crippen molar-refractivity contribution in [3.05, 3.63) is 116 Å². The summed E-state index contributed by atoms with van der Waals surface area (Å²) < 4.78 is 3.69. The summed E-state index contributed by atoms with van der Waals surface area (Å²) in [6, 6.07) is 23.1. The summed E-state index contributed by atoms with van der Waals surface area (Å²) in [6.07, 6.45) is 0. The Balaban J connectivity index is 1.57. The lowest BCUT2D eigenvalue weighted by Gasteiger charge is -2.28. The van der Waals surface area contributed by atoms with Gasteiger partial charge < -0.3 is 10.2 Å². The number of carbonyl (C=O) groups excluding carboxylic acids is 2. The Labute approximate surface area is 214 Å². The van der Waals surface area contributed by atoms with Crippen LogP contribution in [0.4, 0.5) is 5.69 Å². The first-order valence-electron chi connectivity index (χ1n) is 10.9. The lowest BCUT2D eigenvalue weighted by Crippen LogP contribution is -2.41. The van der Waals surface area contributed by atoms with E-state index in [4.69, 9.17) is 11.6 Å². The summed E-state index contributed by atoms with van der Waals surface area (Å²) in [5.74, 6) is -0.646. The smallest absolute Gasteiger partial charge is 0.331 e. The molecule has 3 aromatic carbocycles. The average molecular weight is 552 g/mol. The largest absolute Gasteiger partial charge is 0.333 e. The van der Waals surface area contributed by atoms with Gasteiger partial charge in [-0.05, 0) is 58.4 Å². The molecule has 0 saturated heterocycles. The van der Waals surface area contributed by atoms with Crippen LogP contribution >= 0.6 is 27.5 Å². The van der Waals surface area contributed by atoms with Crippen molar-refractivity contribution >= 4 is 45.0 Å². The van der Waals surface area contributed by atoms with E-state index in [0.717, 1.165) is 0 Å². The molecule has 7 nitrogen and oxygen atoms in total. The number of amides is 2. The predicted molar refractivity (Wildman–Crippen MR) is 138 cm³/mol. The lowest BCUT2D eigenvalue weighted by molar-refractivity contribution is 0.0707. The van der Waals surface area contributed by atoms with Gasteiger partial charge in [-0.15, -0.1) is 0 Å². The second-order valence-corrected chi connectivity index (χ2v) is 9.34. The molecule has 0 bridgehead atoms. The molecule has 176 valence electrons. The standard InChI is InChI=1S/C26H20BrClN4O3/c27-20-12-11-17(15-21(20)28)25(34)30-13-14-31-22(16-30)23(24(33)29-18-7-3-1-4-8-18)32(26(31)35)19-9-5-2-6-10-19/h1-12,15H,13-14,16H2,(H,29,33). The van der Waals surface area contributed by atoms with E-state index in [2.05, 4.69) is 21.2 Å². The molecule has 2 heterocycles. The minimum atomic E-state index is -0.424. The number of hydrogen-bond acceptors (Lipinski definition) is 3. The molecular weight excluding hydrogens is 532 g/mol. The van der Waals surface area contributed by atoms with Crippen LogP contribution < -0.4 is 11.0 Å². The monoisotopic (exact) mass is 550 g/mol. The van der Waals surface area contributed by atoms with Crippen LogP contribution in [0, 0.1) is 0 Å². The molecule has 5 rings (SSSR count). The SMILES string of the molecule is O=C(Nc1ccccc1)c1c2n(c(=O)n1-c1ccccc1)CCN(C(=O)c1ccc(Br)c(Cl)c1)C2. The van der Waals surface area contributed by atoms with E-state index in [0.29, 0.717) is 38.7 Å². The highest BCUT2D eigenvalue weighted by Gasteiger charge is 2.32. The van der Waals surface area contributed by atoms with Crippen LogP contribution in [-0.2, 0) is 13.1 Å². The van der Waals surface area contributed by atoms with Gasteiger partial charge in [0, 0.05) is 28.8 Å². The Bertz CT molecular complexity index is 1480. The van der Waals surface area contributed by atoms with Gasteiger partial charge in [-0.25, -0.2) is 4.79 Å². The van der Waals surface area contributed by atoms with Crippen LogP contribution in [0.25, 0.3) is 5.69 Å². The maximum Gasteiger partial charge on any atom is 0.333 e. The normalized spacial score (nSPS) is 12.8. The highest BCUT2D eigenvalue weighted by molar-refractivity contribution is 9.10. The van der Waals surface area contributed by atoms with Gasteiger partial charge in [0.15, 0.2) is 0 Å². The number of hydrogen-bond donors (Lipinski definition) is 1. The molecule has 4 aromatic rings. The van der Waals surface area contributed by atoms with Gasteiger partial charge in [0.05, 0.1) is 22.9 Å². The van der Waals surface area contributed by atoms with Crippen LogP contribution in [0.1, 0.15) is 26.5 Å². The Morgan fingerprint density at radius 2 is 1.60 bits per heavy atom. The van der Waals surface area contributed by atoms with Crippen molar-refractivity contribution in [2.75, 3.05) is 11.9 Å². The molecule has 1 N–H and O–H groups in total. The van der Waals surface area contributed by atoms with Crippen molar-refractivity contribution in [3.8, 4) is 5.69 Å². The average Bonchev–Trinajstić information content (AvgIpc) is 3.18. The summed E-state index contributed by atoms with van der Waals surface area (Å²) in [6.45, 7) is 0.715. The van der Waals surface area contributed by atoms with E-state index in [-0.39, 0.29) is 30.4 Å². The highest BCUT2D eigenvalue weighted by Crippen LogP contribution is 2.26. The van der Waals surface area contributed by atoms with Crippen LogP contribution in [-0.4, -0.2) is 32.4 Å². The molecule has 35 heavy (non-hydrogen) atoms. The molecule has 0 saturated carbocycles. The fraction of sp³-hybridized carbons (Fsp3) is 0.115. The van der Waals surface area contributed by atoms with Crippen LogP contribution in [0.5, 0.6) is 0 Å². The molecule has 1 aliphatic heterocycles. The molecule has 0 aliphatic carbocycles. The summed E-state index contributed by atoms with van der Waals surface area (Å²) in [5.41, 5.74) is 1.99.